The van der Waals surface area contributed by atoms with Gasteiger partial charge in [-0.25, -0.2) is 9.78 Å². The smallest absolute Gasteiger partial charge is 0.333 e. The molecule has 8 nitrogen and oxygen atoms in total. The third-order valence-corrected chi connectivity index (χ3v) is 5.99. The van der Waals surface area contributed by atoms with Gasteiger partial charge < -0.3 is 10.2 Å². The molecule has 0 bridgehead atoms. The standard InChI is InChI=1S/C18H27N5O3S/c1-4-8-22-16(25)14-15(20-17(27-14)21-9-6-7-10-21)23(18(22)26)11-13(24)19-12(3)5-2/h12H,4-11H2,1-3H3,(H,19,24)/t12-/m1/s1. The van der Waals surface area contributed by atoms with Crippen molar-refractivity contribution in [3.05, 3.63) is 20.8 Å². The third-order valence-electron chi connectivity index (χ3n) is 4.90. The lowest BCUT2D eigenvalue weighted by Gasteiger charge is -2.14. The van der Waals surface area contributed by atoms with Crippen LogP contribution in [-0.4, -0.2) is 39.2 Å². The van der Waals surface area contributed by atoms with Crippen LogP contribution in [0, 0.1) is 0 Å². The summed E-state index contributed by atoms with van der Waals surface area (Å²) in [5.41, 5.74) is -0.450. The van der Waals surface area contributed by atoms with Crippen molar-refractivity contribution in [2.75, 3.05) is 18.0 Å². The van der Waals surface area contributed by atoms with Gasteiger partial charge in [0.25, 0.3) is 5.56 Å². The Morgan fingerprint density at radius 2 is 1.93 bits per heavy atom. The molecule has 9 heteroatoms. The molecular weight excluding hydrogens is 366 g/mol. The lowest BCUT2D eigenvalue weighted by Crippen LogP contribution is -2.43. The van der Waals surface area contributed by atoms with Gasteiger partial charge in [0.1, 0.15) is 11.2 Å². The Labute approximate surface area is 161 Å². The maximum Gasteiger partial charge on any atom is 0.333 e. The van der Waals surface area contributed by atoms with E-state index in [0.717, 1.165) is 37.5 Å². The first kappa shape index (κ1) is 19.6. The highest BCUT2D eigenvalue weighted by Crippen LogP contribution is 2.28. The van der Waals surface area contributed by atoms with Crippen LogP contribution in [0.4, 0.5) is 5.13 Å². The SMILES string of the molecule is CCCn1c(=O)c2sc(N3CCCC3)nc2n(CC(=O)N[C@H](C)CC)c1=O. The number of nitrogens with one attached hydrogen (secondary N) is 1. The number of hydrogen-bond acceptors (Lipinski definition) is 6. The summed E-state index contributed by atoms with van der Waals surface area (Å²) in [5.74, 6) is -0.245. The second-order valence-electron chi connectivity index (χ2n) is 7.05. The molecule has 0 aromatic carbocycles. The Kier molecular flexibility index (Phi) is 5.98. The van der Waals surface area contributed by atoms with E-state index in [2.05, 4.69) is 15.2 Å². The molecule has 1 aliphatic heterocycles. The van der Waals surface area contributed by atoms with Crippen LogP contribution >= 0.6 is 11.3 Å². The van der Waals surface area contributed by atoms with Gasteiger partial charge in [-0.05, 0) is 32.6 Å². The molecule has 1 atom stereocenters. The molecule has 1 fully saturated rings. The predicted octanol–water partition coefficient (Wildman–Crippen LogP) is 1.54. The highest BCUT2D eigenvalue weighted by molar-refractivity contribution is 7.22. The van der Waals surface area contributed by atoms with Crippen molar-refractivity contribution in [1.29, 1.82) is 0 Å². The van der Waals surface area contributed by atoms with Crippen molar-refractivity contribution in [1.82, 2.24) is 19.4 Å². The number of hydrogen-bond donors (Lipinski definition) is 1. The summed E-state index contributed by atoms with van der Waals surface area (Å²) in [4.78, 5) is 44.9. The summed E-state index contributed by atoms with van der Waals surface area (Å²) in [6.45, 7) is 7.83. The monoisotopic (exact) mass is 393 g/mol. The number of amides is 1. The van der Waals surface area contributed by atoms with Gasteiger partial charge in [-0.3, -0.25) is 18.7 Å². The van der Waals surface area contributed by atoms with E-state index < -0.39 is 5.69 Å². The predicted molar refractivity (Wildman–Crippen MR) is 108 cm³/mol. The van der Waals surface area contributed by atoms with Crippen LogP contribution in [-0.2, 0) is 17.9 Å². The molecule has 2 aromatic rings. The topological polar surface area (TPSA) is 89.2 Å². The molecule has 0 radical (unpaired) electrons. The van der Waals surface area contributed by atoms with Gasteiger partial charge in [0, 0.05) is 25.7 Å². The number of aromatic nitrogens is 3. The van der Waals surface area contributed by atoms with Gasteiger partial charge >= 0.3 is 5.69 Å². The van der Waals surface area contributed by atoms with Gasteiger partial charge in [0.15, 0.2) is 10.8 Å². The molecule has 27 heavy (non-hydrogen) atoms. The van der Waals surface area contributed by atoms with Crippen molar-refractivity contribution >= 4 is 32.7 Å². The van der Waals surface area contributed by atoms with E-state index in [1.54, 1.807) is 0 Å². The normalized spacial score (nSPS) is 15.4. The summed E-state index contributed by atoms with van der Waals surface area (Å²) < 4.78 is 3.02. The fraction of sp³-hybridized carbons (Fsp3) is 0.667. The van der Waals surface area contributed by atoms with Crippen molar-refractivity contribution in [2.24, 2.45) is 0 Å². The van der Waals surface area contributed by atoms with Crippen LogP contribution in [0.3, 0.4) is 0 Å². The lowest BCUT2D eigenvalue weighted by atomic mass is 10.2. The Bertz CT molecular complexity index is 939. The number of thiazole rings is 1. The van der Waals surface area contributed by atoms with Gasteiger partial charge in [-0.2, -0.15) is 0 Å². The Morgan fingerprint density at radius 3 is 2.56 bits per heavy atom. The molecule has 0 unspecified atom stereocenters. The molecule has 148 valence electrons. The van der Waals surface area contributed by atoms with Crippen molar-refractivity contribution in [2.45, 2.75) is 65.6 Å². The number of nitrogens with zero attached hydrogens (tertiary/aromatic N) is 4. The molecule has 3 heterocycles. The van der Waals surface area contributed by atoms with Gasteiger partial charge in [0.2, 0.25) is 5.91 Å². The van der Waals surface area contributed by atoms with Gasteiger partial charge in [-0.1, -0.05) is 25.2 Å². The summed E-state index contributed by atoms with van der Waals surface area (Å²) in [6.07, 6.45) is 3.67. The van der Waals surface area contributed by atoms with E-state index >= 15 is 0 Å². The van der Waals surface area contributed by atoms with Crippen LogP contribution in [0.15, 0.2) is 9.59 Å². The molecule has 0 saturated carbocycles. The van der Waals surface area contributed by atoms with E-state index in [4.69, 9.17) is 0 Å². The quantitative estimate of drug-likeness (QED) is 0.771. The van der Waals surface area contributed by atoms with Gasteiger partial charge in [0.05, 0.1) is 0 Å². The molecule has 2 aromatic heterocycles. The first-order valence-electron chi connectivity index (χ1n) is 9.64. The highest BCUT2D eigenvalue weighted by atomic mass is 32.1. The second kappa shape index (κ2) is 8.24. The minimum absolute atomic E-state index is 0.0286. The van der Waals surface area contributed by atoms with Crippen LogP contribution in [0.5, 0.6) is 0 Å². The van der Waals surface area contributed by atoms with E-state index in [1.807, 2.05) is 20.8 Å². The highest BCUT2D eigenvalue weighted by Gasteiger charge is 2.23. The Balaban J connectivity index is 2.09. The van der Waals surface area contributed by atoms with Gasteiger partial charge in [-0.15, -0.1) is 0 Å². The number of carbonyl (C=O) groups is 1. The molecule has 1 aliphatic rings. The van der Waals surface area contributed by atoms with Crippen molar-refractivity contribution in [3.63, 3.8) is 0 Å². The lowest BCUT2D eigenvalue weighted by molar-refractivity contribution is -0.122. The van der Waals surface area contributed by atoms with Crippen LogP contribution in [0.1, 0.15) is 46.5 Å². The second-order valence-corrected chi connectivity index (χ2v) is 8.02. The first-order chi connectivity index (χ1) is 13.0. The fourth-order valence-corrected chi connectivity index (χ4v) is 4.31. The van der Waals surface area contributed by atoms with E-state index in [1.165, 1.54) is 20.5 Å². The largest absolute Gasteiger partial charge is 0.352 e. The first-order valence-corrected chi connectivity index (χ1v) is 10.5. The number of fused-ring (bicyclic) bond motifs is 1. The Hall–Kier alpha value is -2.16. The van der Waals surface area contributed by atoms with Crippen LogP contribution in [0.2, 0.25) is 0 Å². The van der Waals surface area contributed by atoms with E-state index in [-0.39, 0.29) is 24.1 Å². The fourth-order valence-electron chi connectivity index (χ4n) is 3.24. The maximum atomic E-state index is 12.9. The third kappa shape index (κ3) is 3.92. The van der Waals surface area contributed by atoms with Crippen LogP contribution < -0.4 is 21.5 Å². The van der Waals surface area contributed by atoms with E-state index in [9.17, 15) is 14.4 Å². The average Bonchev–Trinajstić information content (AvgIpc) is 3.31. The summed E-state index contributed by atoms with van der Waals surface area (Å²) in [7, 11) is 0. The zero-order valence-corrected chi connectivity index (χ0v) is 17.0. The van der Waals surface area contributed by atoms with Crippen LogP contribution in [0.25, 0.3) is 10.3 Å². The summed E-state index contributed by atoms with van der Waals surface area (Å²) >= 11 is 1.32. The minimum Gasteiger partial charge on any atom is -0.352 e. The number of anilines is 1. The van der Waals surface area contributed by atoms with Crippen molar-refractivity contribution in [3.8, 4) is 0 Å². The molecule has 1 amide bonds. The van der Waals surface area contributed by atoms with Crippen molar-refractivity contribution < 1.29 is 4.79 Å². The van der Waals surface area contributed by atoms with E-state index in [0.29, 0.717) is 23.3 Å². The average molecular weight is 394 g/mol. The molecule has 0 aliphatic carbocycles. The maximum absolute atomic E-state index is 12.9. The molecule has 3 rings (SSSR count). The number of rotatable bonds is 7. The molecule has 1 N–H and O–H groups in total. The zero-order chi connectivity index (χ0) is 19.6. The summed E-state index contributed by atoms with van der Waals surface area (Å²) in [6, 6.07) is 0.0286. The zero-order valence-electron chi connectivity index (χ0n) is 16.2. The number of carbonyl (C=O) groups excluding carboxylic acids is 1. The summed E-state index contributed by atoms with van der Waals surface area (Å²) in [5, 5.41) is 3.63. The Morgan fingerprint density at radius 1 is 1.22 bits per heavy atom. The molecular formula is C18H27N5O3S. The minimum atomic E-state index is -0.466. The molecule has 0 spiro atoms. The molecule has 1 saturated heterocycles.